The molecule has 2 rings (SSSR count). The van der Waals surface area contributed by atoms with Crippen molar-refractivity contribution < 1.29 is 4.39 Å². The number of rotatable bonds is 4. The molecule has 0 saturated carbocycles. The maximum absolute atomic E-state index is 14.0. The Morgan fingerprint density at radius 3 is 2.65 bits per heavy atom. The van der Waals surface area contributed by atoms with Crippen molar-refractivity contribution in [2.24, 2.45) is 5.84 Å². The molecule has 0 bridgehead atoms. The molecule has 0 saturated heterocycles. The van der Waals surface area contributed by atoms with E-state index in [2.05, 4.69) is 46.5 Å². The summed E-state index contributed by atoms with van der Waals surface area (Å²) in [5.74, 6) is 5.38. The first-order chi connectivity index (χ1) is 9.52. The topological polar surface area (TPSA) is 38.0 Å². The normalized spacial score (nSPS) is 12.4. The highest BCUT2D eigenvalue weighted by atomic mass is 79.9. The molecule has 0 aliphatic heterocycles. The van der Waals surface area contributed by atoms with Crippen molar-refractivity contribution in [1.29, 1.82) is 0 Å². The van der Waals surface area contributed by atoms with Crippen molar-refractivity contribution in [2.75, 3.05) is 0 Å². The second kappa shape index (κ2) is 6.48. The van der Waals surface area contributed by atoms with E-state index in [-0.39, 0.29) is 11.9 Å². The first kappa shape index (κ1) is 15.2. The van der Waals surface area contributed by atoms with Crippen molar-refractivity contribution >= 4 is 15.9 Å². The van der Waals surface area contributed by atoms with Crippen LogP contribution >= 0.6 is 15.9 Å². The smallest absolute Gasteiger partial charge is 0.129 e. The van der Waals surface area contributed by atoms with Gasteiger partial charge in [-0.2, -0.15) is 0 Å². The predicted molar refractivity (Wildman–Crippen MR) is 83.8 cm³/mol. The second-order valence-corrected chi connectivity index (χ2v) is 5.84. The Hall–Kier alpha value is -1.23. The summed E-state index contributed by atoms with van der Waals surface area (Å²) in [5.41, 5.74) is 6.83. The van der Waals surface area contributed by atoms with E-state index >= 15 is 0 Å². The summed E-state index contributed by atoms with van der Waals surface area (Å²) in [7, 11) is 0. The van der Waals surface area contributed by atoms with Gasteiger partial charge in [0.1, 0.15) is 5.82 Å². The monoisotopic (exact) mass is 336 g/mol. The number of hydrogen-bond acceptors (Lipinski definition) is 2. The molecule has 2 aromatic rings. The fourth-order valence-corrected chi connectivity index (χ4v) is 2.95. The third-order valence-corrected chi connectivity index (χ3v) is 4.17. The van der Waals surface area contributed by atoms with Crippen molar-refractivity contribution in [3.63, 3.8) is 0 Å². The molecule has 1 unspecified atom stereocenters. The fourth-order valence-electron chi connectivity index (χ4n) is 2.33. The van der Waals surface area contributed by atoms with Gasteiger partial charge in [0.15, 0.2) is 0 Å². The third-order valence-electron chi connectivity index (χ3n) is 3.48. The van der Waals surface area contributed by atoms with Gasteiger partial charge < -0.3 is 0 Å². The van der Waals surface area contributed by atoms with Crippen LogP contribution in [-0.4, -0.2) is 0 Å². The molecule has 1 atom stereocenters. The molecular formula is C16H18BrFN2. The summed E-state index contributed by atoms with van der Waals surface area (Å²) in [6.45, 7) is 4.10. The van der Waals surface area contributed by atoms with E-state index in [0.717, 1.165) is 4.47 Å². The van der Waals surface area contributed by atoms with E-state index in [0.29, 0.717) is 12.0 Å². The van der Waals surface area contributed by atoms with Crippen LogP contribution in [0.5, 0.6) is 0 Å². The van der Waals surface area contributed by atoms with Gasteiger partial charge in [0.05, 0.1) is 6.04 Å². The van der Waals surface area contributed by atoms with Crippen LogP contribution in [0.1, 0.15) is 28.3 Å². The third kappa shape index (κ3) is 3.26. The quantitative estimate of drug-likeness (QED) is 0.655. The molecule has 2 nitrogen and oxygen atoms in total. The summed E-state index contributed by atoms with van der Waals surface area (Å²) in [6.07, 6.45) is 0.642. The molecule has 0 heterocycles. The highest BCUT2D eigenvalue weighted by molar-refractivity contribution is 9.10. The van der Waals surface area contributed by atoms with Crippen LogP contribution in [0, 0.1) is 19.7 Å². The van der Waals surface area contributed by atoms with Crippen LogP contribution in [0.4, 0.5) is 4.39 Å². The SMILES string of the molecule is Cc1ccc(C)c(CC(NN)c2c(F)cccc2Br)c1. The molecule has 0 radical (unpaired) electrons. The van der Waals surface area contributed by atoms with Crippen molar-refractivity contribution in [2.45, 2.75) is 26.3 Å². The molecule has 0 amide bonds. The minimum absolute atomic E-state index is 0.257. The molecule has 106 valence electrons. The molecule has 0 aromatic heterocycles. The van der Waals surface area contributed by atoms with Crippen LogP contribution in [-0.2, 0) is 6.42 Å². The zero-order valence-electron chi connectivity index (χ0n) is 11.6. The molecule has 4 heteroatoms. The lowest BCUT2D eigenvalue weighted by molar-refractivity contribution is 0.507. The van der Waals surface area contributed by atoms with E-state index in [9.17, 15) is 4.39 Å². The standard InChI is InChI=1S/C16H18BrFN2/c1-10-6-7-11(2)12(8-10)9-15(20-19)16-13(17)4-3-5-14(16)18/h3-8,15,20H,9,19H2,1-2H3. The van der Waals surface area contributed by atoms with Gasteiger partial charge in [0, 0.05) is 10.0 Å². The van der Waals surface area contributed by atoms with Crippen LogP contribution in [0.3, 0.4) is 0 Å². The van der Waals surface area contributed by atoms with Crippen LogP contribution < -0.4 is 11.3 Å². The highest BCUT2D eigenvalue weighted by Crippen LogP contribution is 2.29. The van der Waals surface area contributed by atoms with Gasteiger partial charge in [-0.3, -0.25) is 11.3 Å². The molecule has 3 N–H and O–H groups in total. The number of nitrogens with two attached hydrogens (primary N) is 1. The zero-order chi connectivity index (χ0) is 14.7. The van der Waals surface area contributed by atoms with Gasteiger partial charge in [-0.15, -0.1) is 0 Å². The van der Waals surface area contributed by atoms with E-state index in [1.54, 1.807) is 6.07 Å². The van der Waals surface area contributed by atoms with E-state index in [1.807, 2.05) is 13.0 Å². The number of hydrazine groups is 1. The highest BCUT2D eigenvalue weighted by Gasteiger charge is 2.18. The number of aryl methyl sites for hydroxylation is 2. The zero-order valence-corrected chi connectivity index (χ0v) is 13.2. The number of halogens is 2. The van der Waals surface area contributed by atoms with Crippen LogP contribution in [0.2, 0.25) is 0 Å². The van der Waals surface area contributed by atoms with Gasteiger partial charge >= 0.3 is 0 Å². The predicted octanol–water partition coefficient (Wildman–Crippen LogP) is 3.95. The minimum Gasteiger partial charge on any atom is -0.271 e. The summed E-state index contributed by atoms with van der Waals surface area (Å²) in [4.78, 5) is 0. The lowest BCUT2D eigenvalue weighted by Gasteiger charge is -2.20. The average molecular weight is 337 g/mol. The van der Waals surface area contributed by atoms with E-state index in [1.165, 1.54) is 22.8 Å². The second-order valence-electron chi connectivity index (χ2n) is 4.99. The molecule has 0 aliphatic carbocycles. The molecule has 0 aliphatic rings. The molecular weight excluding hydrogens is 319 g/mol. The van der Waals surface area contributed by atoms with Crippen molar-refractivity contribution in [1.82, 2.24) is 5.43 Å². The first-order valence-electron chi connectivity index (χ1n) is 6.49. The number of nitrogens with one attached hydrogen (secondary N) is 1. The maximum Gasteiger partial charge on any atom is 0.129 e. The Morgan fingerprint density at radius 1 is 1.25 bits per heavy atom. The summed E-state index contributed by atoms with van der Waals surface area (Å²) in [5, 5.41) is 0. The summed E-state index contributed by atoms with van der Waals surface area (Å²) >= 11 is 3.40. The Morgan fingerprint density at radius 2 is 2.00 bits per heavy atom. The van der Waals surface area contributed by atoms with Gasteiger partial charge in [0.25, 0.3) is 0 Å². The number of benzene rings is 2. The van der Waals surface area contributed by atoms with Gasteiger partial charge in [-0.1, -0.05) is 45.8 Å². The van der Waals surface area contributed by atoms with E-state index in [4.69, 9.17) is 5.84 Å². The van der Waals surface area contributed by atoms with Crippen molar-refractivity contribution in [3.05, 3.63) is 68.9 Å². The van der Waals surface area contributed by atoms with E-state index < -0.39 is 0 Å². The lowest BCUT2D eigenvalue weighted by atomic mass is 9.95. The molecule has 0 spiro atoms. The largest absolute Gasteiger partial charge is 0.271 e. The average Bonchev–Trinajstić information content (AvgIpc) is 2.41. The fraction of sp³-hybridized carbons (Fsp3) is 0.250. The Kier molecular flexibility index (Phi) is 4.91. The van der Waals surface area contributed by atoms with Gasteiger partial charge in [-0.05, 0) is 43.5 Å². The lowest BCUT2D eigenvalue weighted by Crippen LogP contribution is -2.30. The minimum atomic E-state index is -0.272. The Balaban J connectivity index is 2.36. The van der Waals surface area contributed by atoms with Crippen LogP contribution in [0.25, 0.3) is 0 Å². The molecule has 20 heavy (non-hydrogen) atoms. The molecule has 2 aromatic carbocycles. The van der Waals surface area contributed by atoms with Crippen molar-refractivity contribution in [3.8, 4) is 0 Å². The Bertz CT molecular complexity index is 593. The van der Waals surface area contributed by atoms with Gasteiger partial charge in [-0.25, -0.2) is 4.39 Å². The maximum atomic E-state index is 14.0. The first-order valence-corrected chi connectivity index (χ1v) is 7.28. The summed E-state index contributed by atoms with van der Waals surface area (Å²) < 4.78 is 14.8. The summed E-state index contributed by atoms with van der Waals surface area (Å²) in [6, 6.07) is 10.9. The number of hydrogen-bond donors (Lipinski definition) is 2. The molecule has 0 fully saturated rings. The van der Waals surface area contributed by atoms with Crippen LogP contribution in [0.15, 0.2) is 40.9 Å². The van der Waals surface area contributed by atoms with Gasteiger partial charge in [0.2, 0.25) is 0 Å². The Labute approximate surface area is 127 Å².